The first-order valence-electron chi connectivity index (χ1n) is 10.9. The third kappa shape index (κ3) is 8.00. The number of likely N-dealkylation sites (tertiary alicyclic amines) is 1. The van der Waals surface area contributed by atoms with Crippen LogP contribution in [0.3, 0.4) is 0 Å². The molecule has 0 radical (unpaired) electrons. The number of carbonyl (C=O) groups excluding carboxylic acids is 1. The number of nitrogens with zero attached hydrogens (tertiary/aromatic N) is 3. The molecular formula is C23H35IN6OS. The monoisotopic (exact) mass is 570 g/mol. The molecule has 7 nitrogen and oxygen atoms in total. The Kier molecular flexibility index (Phi) is 10.9. The topological polar surface area (TPSA) is 95.6 Å². The molecule has 1 unspecified atom stereocenters. The van der Waals surface area contributed by atoms with E-state index >= 15 is 0 Å². The van der Waals surface area contributed by atoms with E-state index in [2.05, 4.69) is 69.0 Å². The summed E-state index contributed by atoms with van der Waals surface area (Å²) in [5.74, 6) is 0.996. The third-order valence-electron chi connectivity index (χ3n) is 5.56. The number of benzene rings is 1. The van der Waals surface area contributed by atoms with E-state index in [1.807, 2.05) is 0 Å². The molecule has 1 aromatic heterocycles. The fraction of sp³-hybridized carbons (Fsp3) is 0.522. The number of piperidine rings is 1. The summed E-state index contributed by atoms with van der Waals surface area (Å²) in [5, 5.41) is 9.90. The Balaban J connectivity index is 0.00000363. The number of rotatable bonds is 8. The van der Waals surface area contributed by atoms with E-state index in [1.54, 1.807) is 18.4 Å². The zero-order valence-corrected chi connectivity index (χ0v) is 22.3. The number of carbonyl (C=O) groups is 1. The highest BCUT2D eigenvalue weighted by Gasteiger charge is 2.23. The predicted molar refractivity (Wildman–Crippen MR) is 142 cm³/mol. The number of nitrogens with two attached hydrogens (primary N) is 1. The Hall–Kier alpha value is -1.72. The van der Waals surface area contributed by atoms with Gasteiger partial charge >= 0.3 is 0 Å². The molecule has 0 spiro atoms. The molecule has 1 aromatic carbocycles. The van der Waals surface area contributed by atoms with Gasteiger partial charge in [0, 0.05) is 32.1 Å². The molecule has 9 heteroatoms. The molecule has 2 heterocycles. The molecule has 3 rings (SSSR count). The first-order valence-corrected chi connectivity index (χ1v) is 11.8. The smallest absolute Gasteiger partial charge is 0.221 e. The minimum Gasteiger partial charge on any atom is -0.369 e. The number of halogens is 1. The van der Waals surface area contributed by atoms with Crippen LogP contribution in [-0.2, 0) is 24.4 Å². The fourth-order valence-corrected chi connectivity index (χ4v) is 4.66. The van der Waals surface area contributed by atoms with Crippen molar-refractivity contribution in [2.45, 2.75) is 52.2 Å². The number of thiazole rings is 1. The van der Waals surface area contributed by atoms with E-state index in [0.717, 1.165) is 49.1 Å². The van der Waals surface area contributed by atoms with E-state index in [-0.39, 0.29) is 35.8 Å². The van der Waals surface area contributed by atoms with Gasteiger partial charge in [-0.2, -0.15) is 0 Å². The van der Waals surface area contributed by atoms with Crippen LogP contribution in [0.1, 0.15) is 54.4 Å². The zero-order valence-electron chi connectivity index (χ0n) is 19.1. The maximum Gasteiger partial charge on any atom is 0.221 e. The number of amides is 1. The molecular weight excluding hydrogens is 535 g/mol. The number of nitrogens with one attached hydrogen (secondary N) is 2. The molecule has 1 amide bonds. The van der Waals surface area contributed by atoms with Gasteiger partial charge < -0.3 is 16.4 Å². The van der Waals surface area contributed by atoms with Crippen LogP contribution in [0.2, 0.25) is 0 Å². The van der Waals surface area contributed by atoms with Gasteiger partial charge in [0.15, 0.2) is 5.96 Å². The van der Waals surface area contributed by atoms with Gasteiger partial charge in [-0.05, 0) is 36.4 Å². The summed E-state index contributed by atoms with van der Waals surface area (Å²) >= 11 is 1.68. The number of hydrogen-bond donors (Lipinski definition) is 3. The van der Waals surface area contributed by atoms with E-state index < -0.39 is 0 Å². The number of aromatic nitrogens is 1. The third-order valence-corrected chi connectivity index (χ3v) is 6.42. The molecule has 0 saturated carbocycles. The second kappa shape index (κ2) is 13.1. The molecule has 32 heavy (non-hydrogen) atoms. The summed E-state index contributed by atoms with van der Waals surface area (Å²) in [6.45, 7) is 8.26. The summed E-state index contributed by atoms with van der Waals surface area (Å²) in [7, 11) is 1.78. The number of guanidine groups is 1. The highest BCUT2D eigenvalue weighted by atomic mass is 127. The van der Waals surface area contributed by atoms with E-state index in [0.29, 0.717) is 19.0 Å². The summed E-state index contributed by atoms with van der Waals surface area (Å²) in [5.41, 5.74) is 9.09. The van der Waals surface area contributed by atoms with Gasteiger partial charge in [-0.15, -0.1) is 35.3 Å². The van der Waals surface area contributed by atoms with Crippen molar-refractivity contribution in [3.63, 3.8) is 0 Å². The van der Waals surface area contributed by atoms with Crippen LogP contribution < -0.4 is 16.4 Å². The quantitative estimate of drug-likeness (QED) is 0.257. The highest BCUT2D eigenvalue weighted by molar-refractivity contribution is 14.0. The molecule has 1 aliphatic heterocycles. The van der Waals surface area contributed by atoms with Crippen LogP contribution in [0.15, 0.2) is 34.6 Å². The van der Waals surface area contributed by atoms with Crippen LogP contribution in [0.5, 0.6) is 0 Å². The Morgan fingerprint density at radius 1 is 1.31 bits per heavy atom. The van der Waals surface area contributed by atoms with Gasteiger partial charge in [-0.3, -0.25) is 14.7 Å². The maximum atomic E-state index is 11.5. The SMILES string of the molecule is CN=C(NCc1cccc(CN2CCCC(C(N)=O)C2)c1)NCc1nc(C(C)C)cs1.I. The average Bonchev–Trinajstić information content (AvgIpc) is 3.24. The lowest BCUT2D eigenvalue weighted by molar-refractivity contribution is -0.123. The van der Waals surface area contributed by atoms with E-state index in [9.17, 15) is 4.79 Å². The van der Waals surface area contributed by atoms with Crippen molar-refractivity contribution in [3.8, 4) is 0 Å². The Morgan fingerprint density at radius 3 is 2.75 bits per heavy atom. The van der Waals surface area contributed by atoms with Crippen molar-refractivity contribution in [2.75, 3.05) is 20.1 Å². The molecule has 4 N–H and O–H groups in total. The molecule has 1 aliphatic rings. The van der Waals surface area contributed by atoms with Crippen LogP contribution in [0, 0.1) is 5.92 Å². The molecule has 176 valence electrons. The fourth-order valence-electron chi connectivity index (χ4n) is 3.76. The second-order valence-electron chi connectivity index (χ2n) is 8.40. The predicted octanol–water partition coefficient (Wildman–Crippen LogP) is 3.45. The largest absolute Gasteiger partial charge is 0.369 e. The highest BCUT2D eigenvalue weighted by Crippen LogP contribution is 2.19. The standard InChI is InChI=1S/C23H34N6OS.HI/c1-16(2)20-15-31-21(28-20)12-27-23(25-3)26-11-17-6-4-7-18(10-17)13-29-9-5-8-19(14-29)22(24)30;/h4,6-7,10,15-16,19H,5,8-9,11-14H2,1-3H3,(H2,24,30)(H2,25,26,27);1H. The van der Waals surface area contributed by atoms with Crippen molar-refractivity contribution >= 4 is 47.2 Å². The van der Waals surface area contributed by atoms with E-state index in [1.165, 1.54) is 11.1 Å². The lowest BCUT2D eigenvalue weighted by Crippen LogP contribution is -2.40. The Labute approximate surface area is 212 Å². The van der Waals surface area contributed by atoms with Crippen molar-refractivity contribution in [1.29, 1.82) is 0 Å². The van der Waals surface area contributed by atoms with Crippen LogP contribution in [0.25, 0.3) is 0 Å². The molecule has 2 aromatic rings. The zero-order chi connectivity index (χ0) is 22.2. The van der Waals surface area contributed by atoms with Gasteiger partial charge in [0.25, 0.3) is 0 Å². The maximum absolute atomic E-state index is 11.5. The van der Waals surface area contributed by atoms with Crippen molar-refractivity contribution in [2.24, 2.45) is 16.6 Å². The van der Waals surface area contributed by atoms with Gasteiger partial charge in [0.1, 0.15) is 5.01 Å². The Morgan fingerprint density at radius 2 is 2.06 bits per heavy atom. The number of aliphatic imine (C=N–C) groups is 1. The molecule has 0 bridgehead atoms. The lowest BCUT2D eigenvalue weighted by Gasteiger charge is -2.31. The van der Waals surface area contributed by atoms with Gasteiger partial charge in [0.05, 0.1) is 18.2 Å². The van der Waals surface area contributed by atoms with Crippen molar-refractivity contribution in [1.82, 2.24) is 20.5 Å². The minimum absolute atomic E-state index is 0. The molecule has 1 saturated heterocycles. The number of primary amides is 1. The van der Waals surface area contributed by atoms with Crippen LogP contribution in [-0.4, -0.2) is 41.9 Å². The van der Waals surface area contributed by atoms with Crippen LogP contribution >= 0.6 is 35.3 Å². The van der Waals surface area contributed by atoms with Crippen molar-refractivity contribution in [3.05, 3.63) is 51.5 Å². The molecule has 0 aliphatic carbocycles. The minimum atomic E-state index is -0.181. The lowest BCUT2D eigenvalue weighted by atomic mass is 9.97. The summed E-state index contributed by atoms with van der Waals surface area (Å²) < 4.78 is 0. The first-order chi connectivity index (χ1) is 14.9. The summed E-state index contributed by atoms with van der Waals surface area (Å²) in [6.07, 6.45) is 1.93. The molecule has 1 fully saturated rings. The normalized spacial score (nSPS) is 17.1. The average molecular weight is 571 g/mol. The second-order valence-corrected chi connectivity index (χ2v) is 9.34. The first kappa shape index (κ1) is 26.5. The molecule has 1 atom stereocenters. The van der Waals surface area contributed by atoms with Crippen molar-refractivity contribution < 1.29 is 4.79 Å². The van der Waals surface area contributed by atoms with Gasteiger partial charge in [-0.25, -0.2) is 4.98 Å². The summed E-state index contributed by atoms with van der Waals surface area (Å²) in [4.78, 5) is 22.8. The van der Waals surface area contributed by atoms with Crippen LogP contribution in [0.4, 0.5) is 0 Å². The van der Waals surface area contributed by atoms with Gasteiger partial charge in [-0.1, -0.05) is 38.1 Å². The number of hydrogen-bond acceptors (Lipinski definition) is 5. The van der Waals surface area contributed by atoms with Gasteiger partial charge in [0.2, 0.25) is 5.91 Å². The van der Waals surface area contributed by atoms with E-state index in [4.69, 9.17) is 5.73 Å². The summed E-state index contributed by atoms with van der Waals surface area (Å²) in [6, 6.07) is 8.55. The Bertz CT molecular complexity index is 900.